The van der Waals surface area contributed by atoms with E-state index in [4.69, 9.17) is 4.74 Å². The number of ether oxygens (including phenoxy) is 1. The number of hydrogen-bond donors (Lipinski definition) is 2. The Kier molecular flexibility index (Phi) is 5.77. The van der Waals surface area contributed by atoms with Crippen LogP contribution in [0.3, 0.4) is 0 Å². The van der Waals surface area contributed by atoms with E-state index in [1.54, 1.807) is 7.11 Å². The molecule has 2 N–H and O–H groups in total. The highest BCUT2D eigenvalue weighted by Gasteiger charge is 2.35. The van der Waals surface area contributed by atoms with Crippen molar-refractivity contribution in [2.75, 3.05) is 7.11 Å². The van der Waals surface area contributed by atoms with Crippen LogP contribution in [0.4, 0.5) is 0 Å². The molecule has 2 aromatic carbocycles. The molecule has 6 heteroatoms. The molecule has 0 saturated heterocycles. The Hall–Kier alpha value is -1.89. The second-order valence-electron chi connectivity index (χ2n) is 5.11. The lowest BCUT2D eigenvalue weighted by atomic mass is 9.74. The monoisotopic (exact) mass is 373 g/mol. The number of rotatable bonds is 4. The number of halogens is 1. The predicted octanol–water partition coefficient (Wildman–Crippen LogP) is -1.26. The van der Waals surface area contributed by atoms with E-state index in [1.165, 1.54) is 0 Å². The standard InChI is InChI=1S/C17H17BNO3.BrH/c1-22-15-9-10-16-14(12-15)8-5-11-19(16)17(18(20)21)13-6-3-2-4-7-13;/h2-12,17,20-21H,1H3;1H/q+1;/p-1. The average molecular weight is 374 g/mol. The first-order valence-corrected chi connectivity index (χ1v) is 7.09. The molecule has 0 radical (unpaired) electrons. The van der Waals surface area contributed by atoms with Gasteiger partial charge in [-0.25, -0.2) is 0 Å². The molecular weight excluding hydrogens is 357 g/mol. The number of hydrogen-bond acceptors (Lipinski definition) is 3. The number of aromatic nitrogens is 1. The number of pyridine rings is 1. The Morgan fingerprint density at radius 2 is 1.74 bits per heavy atom. The van der Waals surface area contributed by atoms with Crippen molar-refractivity contribution in [3.8, 4) is 5.75 Å². The zero-order chi connectivity index (χ0) is 15.5. The molecule has 1 atom stereocenters. The van der Waals surface area contributed by atoms with Gasteiger partial charge >= 0.3 is 7.12 Å². The second-order valence-corrected chi connectivity index (χ2v) is 5.11. The van der Waals surface area contributed by atoms with Crippen LogP contribution in [0.15, 0.2) is 66.9 Å². The summed E-state index contributed by atoms with van der Waals surface area (Å²) in [5.41, 5.74) is 1.75. The van der Waals surface area contributed by atoms with Crippen LogP contribution in [-0.4, -0.2) is 24.3 Å². The number of benzene rings is 2. The Morgan fingerprint density at radius 3 is 2.39 bits per heavy atom. The highest BCUT2D eigenvalue weighted by molar-refractivity contribution is 6.42. The lowest BCUT2D eigenvalue weighted by molar-refractivity contribution is -0.672. The highest BCUT2D eigenvalue weighted by Crippen LogP contribution is 2.21. The minimum Gasteiger partial charge on any atom is -1.00 e. The fourth-order valence-corrected chi connectivity index (χ4v) is 2.72. The van der Waals surface area contributed by atoms with E-state index in [0.29, 0.717) is 0 Å². The van der Waals surface area contributed by atoms with Crippen molar-refractivity contribution >= 4 is 18.0 Å². The summed E-state index contributed by atoms with van der Waals surface area (Å²) >= 11 is 0. The third-order valence-corrected chi connectivity index (χ3v) is 3.76. The summed E-state index contributed by atoms with van der Waals surface area (Å²) in [6, 6.07) is 19.0. The summed E-state index contributed by atoms with van der Waals surface area (Å²) in [4.78, 5) is 0. The summed E-state index contributed by atoms with van der Waals surface area (Å²) in [7, 11) is 0.127. The molecule has 1 aromatic heterocycles. The first-order chi connectivity index (χ1) is 10.7. The molecular formula is C17H17BBrNO3. The lowest BCUT2D eigenvalue weighted by Crippen LogP contribution is -3.00. The SMILES string of the molecule is COc1ccc2c(ccc[n+]2C(B(O)O)c2ccccc2)c1.[Br-]. The Morgan fingerprint density at radius 1 is 1.00 bits per heavy atom. The van der Waals surface area contributed by atoms with Gasteiger partial charge in [0.15, 0.2) is 6.20 Å². The van der Waals surface area contributed by atoms with Gasteiger partial charge in [0.1, 0.15) is 5.75 Å². The Labute approximate surface area is 145 Å². The zero-order valence-corrected chi connectivity index (χ0v) is 14.2. The van der Waals surface area contributed by atoms with E-state index < -0.39 is 13.1 Å². The van der Waals surface area contributed by atoms with Crippen molar-refractivity contribution in [1.82, 2.24) is 0 Å². The average Bonchev–Trinajstić information content (AvgIpc) is 2.55. The molecule has 0 aliphatic rings. The molecule has 4 nitrogen and oxygen atoms in total. The van der Waals surface area contributed by atoms with Crippen LogP contribution >= 0.6 is 0 Å². The van der Waals surface area contributed by atoms with E-state index in [1.807, 2.05) is 71.4 Å². The third-order valence-electron chi connectivity index (χ3n) is 3.76. The molecule has 0 amide bonds. The van der Waals surface area contributed by atoms with Gasteiger partial charge in [0.05, 0.1) is 12.5 Å². The van der Waals surface area contributed by atoms with E-state index in [9.17, 15) is 10.0 Å². The van der Waals surface area contributed by atoms with E-state index >= 15 is 0 Å². The third kappa shape index (κ3) is 3.55. The van der Waals surface area contributed by atoms with Gasteiger partial charge < -0.3 is 31.8 Å². The molecule has 1 heterocycles. The van der Waals surface area contributed by atoms with Crippen molar-refractivity contribution in [3.63, 3.8) is 0 Å². The molecule has 0 fully saturated rings. The quantitative estimate of drug-likeness (QED) is 0.443. The Balaban J connectivity index is 0.00000192. The molecule has 3 rings (SSSR count). The van der Waals surface area contributed by atoms with Gasteiger partial charge in [0, 0.05) is 17.7 Å². The van der Waals surface area contributed by atoms with Crippen LogP contribution in [0.5, 0.6) is 5.75 Å². The zero-order valence-electron chi connectivity index (χ0n) is 12.6. The number of nitrogens with zero attached hydrogens (tertiary/aromatic N) is 1. The predicted molar refractivity (Wildman–Crippen MR) is 85.5 cm³/mol. The lowest BCUT2D eigenvalue weighted by Gasteiger charge is -2.13. The summed E-state index contributed by atoms with van der Waals surface area (Å²) in [6.07, 6.45) is 1.85. The maximum absolute atomic E-state index is 9.89. The van der Waals surface area contributed by atoms with Crippen molar-refractivity contribution in [2.45, 2.75) is 5.94 Å². The maximum atomic E-state index is 9.89. The smallest absolute Gasteiger partial charge is 0.533 e. The van der Waals surface area contributed by atoms with Crippen molar-refractivity contribution in [3.05, 3.63) is 72.4 Å². The van der Waals surface area contributed by atoms with E-state index in [-0.39, 0.29) is 17.0 Å². The number of methoxy groups -OCH3 is 1. The van der Waals surface area contributed by atoms with Gasteiger partial charge in [-0.1, -0.05) is 30.3 Å². The maximum Gasteiger partial charge on any atom is 0.533 e. The van der Waals surface area contributed by atoms with E-state index in [0.717, 1.165) is 22.2 Å². The van der Waals surface area contributed by atoms with Gasteiger partial charge in [-0.05, 0) is 18.2 Å². The van der Waals surface area contributed by atoms with Gasteiger partial charge in [0.25, 0.3) is 0 Å². The Bertz CT molecular complexity index is 783. The van der Waals surface area contributed by atoms with Crippen LogP contribution in [0.2, 0.25) is 0 Å². The van der Waals surface area contributed by atoms with Crippen LogP contribution in [0, 0.1) is 0 Å². The summed E-state index contributed by atoms with van der Waals surface area (Å²) in [5, 5.41) is 20.8. The topological polar surface area (TPSA) is 53.6 Å². The van der Waals surface area contributed by atoms with Crippen LogP contribution in [-0.2, 0) is 0 Å². The van der Waals surface area contributed by atoms with Gasteiger partial charge in [-0.2, -0.15) is 4.57 Å². The van der Waals surface area contributed by atoms with E-state index in [2.05, 4.69) is 0 Å². The highest BCUT2D eigenvalue weighted by atomic mass is 79.9. The molecule has 1 unspecified atom stereocenters. The molecule has 118 valence electrons. The molecule has 0 spiro atoms. The van der Waals surface area contributed by atoms with Crippen molar-refractivity contribution in [1.29, 1.82) is 0 Å². The van der Waals surface area contributed by atoms with Gasteiger partial charge in [-0.3, -0.25) is 0 Å². The molecule has 0 saturated carbocycles. The van der Waals surface area contributed by atoms with Gasteiger partial charge in [-0.15, -0.1) is 0 Å². The molecule has 0 bridgehead atoms. The fourth-order valence-electron chi connectivity index (χ4n) is 2.72. The minimum atomic E-state index is -1.50. The fraction of sp³-hybridized carbons (Fsp3) is 0.118. The van der Waals surface area contributed by atoms with Crippen LogP contribution in [0.1, 0.15) is 11.5 Å². The largest absolute Gasteiger partial charge is 1.00 e. The molecule has 23 heavy (non-hydrogen) atoms. The number of fused-ring (bicyclic) bond motifs is 1. The molecule has 0 aliphatic carbocycles. The van der Waals surface area contributed by atoms with Crippen LogP contribution < -0.4 is 26.3 Å². The normalized spacial score (nSPS) is 11.6. The van der Waals surface area contributed by atoms with Crippen LogP contribution in [0.25, 0.3) is 10.9 Å². The second kappa shape index (κ2) is 7.59. The molecule has 3 aromatic rings. The summed E-state index contributed by atoms with van der Waals surface area (Å²) in [5.74, 6) is 0.198. The molecule has 0 aliphatic heterocycles. The van der Waals surface area contributed by atoms with Crippen molar-refractivity contribution < 1.29 is 36.3 Å². The van der Waals surface area contributed by atoms with Crippen molar-refractivity contribution in [2.24, 2.45) is 0 Å². The van der Waals surface area contributed by atoms with Gasteiger partial charge in [0.2, 0.25) is 11.5 Å². The minimum absolute atomic E-state index is 0. The summed E-state index contributed by atoms with van der Waals surface area (Å²) in [6.45, 7) is 0. The first kappa shape index (κ1) is 17.5. The summed E-state index contributed by atoms with van der Waals surface area (Å²) < 4.78 is 7.12. The first-order valence-electron chi connectivity index (χ1n) is 7.09.